The van der Waals surface area contributed by atoms with Crippen molar-refractivity contribution in [2.45, 2.75) is 49.5 Å². The fourth-order valence-corrected chi connectivity index (χ4v) is 5.81. The molecule has 1 aliphatic carbocycles. The maximum absolute atomic E-state index is 13.3. The first-order chi connectivity index (χ1) is 16.5. The Hall–Kier alpha value is -3.27. The van der Waals surface area contributed by atoms with Crippen LogP contribution in [0.15, 0.2) is 65.6 Å². The third kappa shape index (κ3) is 4.06. The van der Waals surface area contributed by atoms with E-state index in [2.05, 4.69) is 29.6 Å². The first-order valence-corrected chi connectivity index (χ1v) is 12.6. The lowest BCUT2D eigenvalue weighted by Crippen LogP contribution is -2.41. The molecule has 0 unspecified atom stereocenters. The minimum Gasteiger partial charge on any atom is -0.334 e. The van der Waals surface area contributed by atoms with Crippen molar-refractivity contribution in [3.05, 3.63) is 82.9 Å². The summed E-state index contributed by atoms with van der Waals surface area (Å²) in [5.41, 5.74) is 7.43. The van der Waals surface area contributed by atoms with E-state index in [4.69, 9.17) is 5.14 Å². The Morgan fingerprint density at radius 3 is 2.56 bits per heavy atom. The van der Waals surface area contributed by atoms with Crippen molar-refractivity contribution in [3.8, 4) is 17.2 Å². The molecular weight excluding hydrogens is 440 g/mol. The highest BCUT2D eigenvalue weighted by atomic mass is 32.2. The largest absolute Gasteiger partial charge is 0.334 e. The van der Waals surface area contributed by atoms with Gasteiger partial charge in [-0.2, -0.15) is 5.26 Å². The molecule has 172 valence electrons. The molecule has 0 saturated heterocycles. The van der Waals surface area contributed by atoms with Crippen molar-refractivity contribution < 1.29 is 4.79 Å². The van der Waals surface area contributed by atoms with Gasteiger partial charge in [0.1, 0.15) is 0 Å². The Labute approximate surface area is 205 Å². The normalized spacial score (nSPS) is 15.9. The van der Waals surface area contributed by atoms with Crippen LogP contribution in [0.4, 0.5) is 10.5 Å². The minimum absolute atomic E-state index is 0.0309. The summed E-state index contributed by atoms with van der Waals surface area (Å²) in [5, 5.41) is 17.9. The molecule has 1 fully saturated rings. The molecule has 3 aromatic carbocycles. The number of nitrogens with zero attached hydrogens (tertiary/aromatic N) is 2. The monoisotopic (exact) mass is 468 g/mol. The predicted octanol–water partition coefficient (Wildman–Crippen LogP) is 6.04. The van der Waals surface area contributed by atoms with Crippen LogP contribution in [0.3, 0.4) is 0 Å². The number of nitrogens with one attached hydrogen (secondary N) is 1. The number of urea groups is 1. The van der Waals surface area contributed by atoms with Crippen molar-refractivity contribution in [2.75, 3.05) is 11.4 Å². The van der Waals surface area contributed by atoms with Crippen molar-refractivity contribution in [2.24, 2.45) is 5.14 Å². The Kier molecular flexibility index (Phi) is 6.07. The quantitative estimate of drug-likeness (QED) is 0.457. The van der Waals surface area contributed by atoms with E-state index >= 15 is 0 Å². The molecular formula is C28H28N4OS. The summed E-state index contributed by atoms with van der Waals surface area (Å²) < 4.78 is 0. The van der Waals surface area contributed by atoms with Gasteiger partial charge in [-0.25, -0.2) is 4.79 Å². The Bertz CT molecular complexity index is 1270. The number of hydrogen-bond donors (Lipinski definition) is 2. The standard InChI is InChI=1S/C28H28N4OS/c1-19-14-21(16-29)6-10-24(19)22-7-11-26-25(15-22)28(12-2-3-13-28)18-32(26)27(33)31-17-20-4-8-23(34-30)9-5-20/h4-11,14-15H,2-3,12-13,17-18,30H2,1H3,(H,31,33). The summed E-state index contributed by atoms with van der Waals surface area (Å²) in [6, 6.07) is 22.4. The van der Waals surface area contributed by atoms with Crippen molar-refractivity contribution in [1.82, 2.24) is 5.32 Å². The molecule has 34 heavy (non-hydrogen) atoms. The van der Waals surface area contributed by atoms with Crippen molar-refractivity contribution in [3.63, 3.8) is 0 Å². The molecule has 3 aromatic rings. The van der Waals surface area contributed by atoms with Gasteiger partial charge in [0.05, 0.1) is 11.6 Å². The van der Waals surface area contributed by atoms with Gasteiger partial charge in [-0.1, -0.05) is 37.1 Å². The number of carbonyl (C=O) groups excluding carboxylic acids is 1. The zero-order valence-corrected chi connectivity index (χ0v) is 20.1. The molecule has 3 N–H and O–H groups in total. The smallest absolute Gasteiger partial charge is 0.322 e. The zero-order valence-electron chi connectivity index (χ0n) is 19.3. The molecule has 2 aliphatic rings. The third-order valence-electron chi connectivity index (χ3n) is 7.29. The van der Waals surface area contributed by atoms with Crippen LogP contribution in [0.2, 0.25) is 0 Å². The molecule has 1 spiro atoms. The van der Waals surface area contributed by atoms with Crippen molar-refractivity contribution in [1.29, 1.82) is 5.26 Å². The van der Waals surface area contributed by atoms with Gasteiger partial charge in [0.15, 0.2) is 0 Å². The molecule has 5 rings (SSSR count). The zero-order chi connectivity index (χ0) is 23.7. The second-order valence-corrected chi connectivity index (χ2v) is 10.1. The number of amides is 2. The van der Waals surface area contributed by atoms with Gasteiger partial charge in [-0.05, 0) is 95.9 Å². The summed E-state index contributed by atoms with van der Waals surface area (Å²) >= 11 is 1.22. The molecule has 2 amide bonds. The Balaban J connectivity index is 1.42. The fraction of sp³-hybridized carbons (Fsp3) is 0.286. The fourth-order valence-electron chi connectivity index (χ4n) is 5.51. The summed E-state index contributed by atoms with van der Waals surface area (Å²) in [6.45, 7) is 3.26. The van der Waals surface area contributed by atoms with Gasteiger partial charge < -0.3 is 5.32 Å². The molecule has 1 saturated carbocycles. The number of rotatable bonds is 4. The maximum atomic E-state index is 13.3. The van der Waals surface area contributed by atoms with Crippen LogP contribution in [0.5, 0.6) is 0 Å². The number of benzene rings is 3. The second kappa shape index (κ2) is 9.17. The van der Waals surface area contributed by atoms with Crippen LogP contribution in [0.25, 0.3) is 11.1 Å². The third-order valence-corrected chi connectivity index (χ3v) is 7.84. The highest BCUT2D eigenvalue weighted by molar-refractivity contribution is 7.97. The minimum atomic E-state index is -0.0513. The number of nitriles is 1. The van der Waals surface area contributed by atoms with Gasteiger partial charge >= 0.3 is 6.03 Å². The number of carbonyl (C=O) groups is 1. The lowest BCUT2D eigenvalue weighted by molar-refractivity contribution is 0.245. The molecule has 0 radical (unpaired) electrons. The van der Waals surface area contributed by atoms with E-state index in [9.17, 15) is 10.1 Å². The lowest BCUT2D eigenvalue weighted by Gasteiger charge is -2.25. The van der Waals surface area contributed by atoms with Crippen LogP contribution in [0, 0.1) is 18.3 Å². The highest BCUT2D eigenvalue weighted by Gasteiger charge is 2.46. The van der Waals surface area contributed by atoms with Crippen LogP contribution in [0.1, 0.15) is 47.9 Å². The highest BCUT2D eigenvalue weighted by Crippen LogP contribution is 2.51. The molecule has 1 heterocycles. The molecule has 5 nitrogen and oxygen atoms in total. The van der Waals surface area contributed by atoms with Gasteiger partial charge in [0, 0.05) is 29.1 Å². The van der Waals surface area contributed by atoms with E-state index in [-0.39, 0.29) is 11.4 Å². The van der Waals surface area contributed by atoms with Crippen LogP contribution >= 0.6 is 11.9 Å². The van der Waals surface area contributed by atoms with Crippen LogP contribution in [-0.2, 0) is 12.0 Å². The molecule has 6 heteroatoms. The second-order valence-electron chi connectivity index (χ2n) is 9.37. The van der Waals surface area contributed by atoms with E-state index in [1.807, 2.05) is 54.3 Å². The van der Waals surface area contributed by atoms with E-state index in [1.165, 1.54) is 30.4 Å². The van der Waals surface area contributed by atoms with Crippen molar-refractivity contribution >= 4 is 23.7 Å². The number of fused-ring (bicyclic) bond motifs is 2. The average molecular weight is 469 g/mol. The predicted molar refractivity (Wildman–Crippen MR) is 138 cm³/mol. The topological polar surface area (TPSA) is 82.2 Å². The first-order valence-electron chi connectivity index (χ1n) is 11.7. The average Bonchev–Trinajstić information content (AvgIpc) is 3.48. The van der Waals surface area contributed by atoms with E-state index in [0.29, 0.717) is 12.1 Å². The van der Waals surface area contributed by atoms with E-state index < -0.39 is 0 Å². The molecule has 0 bridgehead atoms. The number of anilines is 1. The molecule has 1 aliphatic heterocycles. The van der Waals surface area contributed by atoms with Gasteiger partial charge in [-0.3, -0.25) is 10.0 Å². The summed E-state index contributed by atoms with van der Waals surface area (Å²) in [7, 11) is 0. The van der Waals surface area contributed by atoms with Gasteiger partial charge in [0.25, 0.3) is 0 Å². The SMILES string of the molecule is Cc1cc(C#N)ccc1-c1ccc2c(c1)C1(CCCC1)CN2C(=O)NCc1ccc(SN)cc1. The van der Waals surface area contributed by atoms with Crippen LogP contribution < -0.4 is 15.4 Å². The Morgan fingerprint density at radius 2 is 1.88 bits per heavy atom. The number of hydrogen-bond acceptors (Lipinski definition) is 4. The Morgan fingerprint density at radius 1 is 1.12 bits per heavy atom. The molecule has 0 atom stereocenters. The number of nitrogens with two attached hydrogens (primary N) is 1. The lowest BCUT2D eigenvalue weighted by atomic mass is 9.79. The summed E-state index contributed by atoms with van der Waals surface area (Å²) in [6.07, 6.45) is 4.61. The molecule has 0 aromatic heterocycles. The van der Waals surface area contributed by atoms with Gasteiger partial charge in [-0.15, -0.1) is 0 Å². The summed E-state index contributed by atoms with van der Waals surface area (Å²) in [4.78, 5) is 16.2. The maximum Gasteiger partial charge on any atom is 0.322 e. The van der Waals surface area contributed by atoms with Crippen LogP contribution in [-0.4, -0.2) is 12.6 Å². The van der Waals surface area contributed by atoms with Gasteiger partial charge in [0.2, 0.25) is 0 Å². The summed E-state index contributed by atoms with van der Waals surface area (Å²) in [5.74, 6) is 0. The number of aryl methyl sites for hydroxylation is 1. The van der Waals surface area contributed by atoms with E-state index in [0.717, 1.165) is 52.2 Å². The first kappa shape index (κ1) is 22.5. The van der Waals surface area contributed by atoms with E-state index in [1.54, 1.807) is 0 Å².